The van der Waals surface area contributed by atoms with Crippen LogP contribution in [0.15, 0.2) is 42.0 Å². The number of aryl methyl sites for hydroxylation is 1. The Morgan fingerprint density at radius 3 is 2.68 bits per heavy atom. The highest BCUT2D eigenvalue weighted by Crippen LogP contribution is 2.32. The summed E-state index contributed by atoms with van der Waals surface area (Å²) in [5, 5.41) is 15.5. The van der Waals surface area contributed by atoms with Gasteiger partial charge >= 0.3 is 12.2 Å². The molecule has 3 N–H and O–H groups in total. The number of hydrogen-bond acceptors (Lipinski definition) is 6. The van der Waals surface area contributed by atoms with Crippen molar-refractivity contribution < 1.29 is 27.8 Å². The molecule has 1 fully saturated rings. The second-order valence-corrected chi connectivity index (χ2v) is 9.42. The Hall–Kier alpha value is -3.31. The summed E-state index contributed by atoms with van der Waals surface area (Å²) in [5.74, 6) is 1.40. The van der Waals surface area contributed by atoms with Crippen LogP contribution in [0.1, 0.15) is 18.9 Å². The molecule has 1 aromatic carbocycles. The van der Waals surface area contributed by atoms with Gasteiger partial charge in [0.1, 0.15) is 11.6 Å². The van der Waals surface area contributed by atoms with Crippen molar-refractivity contribution in [2.24, 2.45) is 0 Å². The molecule has 1 atom stereocenters. The molecule has 0 aliphatic carbocycles. The lowest BCUT2D eigenvalue weighted by Gasteiger charge is -2.29. The minimum Gasteiger partial charge on any atom is -0.394 e. The van der Waals surface area contributed by atoms with Crippen molar-refractivity contribution in [3.8, 4) is 11.1 Å². The van der Waals surface area contributed by atoms with E-state index in [2.05, 4.69) is 15.5 Å². The number of hydrogen-bond donors (Lipinski definition) is 3. The molecule has 0 bridgehead atoms. The smallest absolute Gasteiger partial charge is 0.392 e. The van der Waals surface area contributed by atoms with Crippen LogP contribution >= 0.6 is 0 Å². The molecule has 8 nitrogen and oxygen atoms in total. The maximum atomic E-state index is 12.8. The van der Waals surface area contributed by atoms with Gasteiger partial charge in [0.2, 0.25) is 0 Å². The van der Waals surface area contributed by atoms with Gasteiger partial charge in [0.05, 0.1) is 26.2 Å². The molecule has 0 spiro atoms. The van der Waals surface area contributed by atoms with Crippen molar-refractivity contribution in [3.63, 3.8) is 0 Å². The average molecular weight is 520 g/mol. The number of aromatic nitrogens is 1. The summed E-state index contributed by atoms with van der Waals surface area (Å²) in [6.07, 6.45) is -3.85. The van der Waals surface area contributed by atoms with Gasteiger partial charge in [0.15, 0.2) is 0 Å². The molecule has 200 valence electrons. The van der Waals surface area contributed by atoms with Crippen molar-refractivity contribution in [1.29, 1.82) is 0 Å². The average Bonchev–Trinajstić information content (AvgIpc) is 3.32. The Morgan fingerprint density at radius 2 is 1.97 bits per heavy atom. The third kappa shape index (κ3) is 7.14. The van der Waals surface area contributed by atoms with Gasteiger partial charge < -0.3 is 30.3 Å². The van der Waals surface area contributed by atoms with Crippen LogP contribution in [0.25, 0.3) is 11.1 Å². The first-order valence-corrected chi connectivity index (χ1v) is 12.2. The molecular formula is C26H32F3N5O3. The van der Waals surface area contributed by atoms with Gasteiger partial charge in [0, 0.05) is 37.9 Å². The summed E-state index contributed by atoms with van der Waals surface area (Å²) in [6, 6.07) is 8.76. The van der Waals surface area contributed by atoms with Crippen molar-refractivity contribution in [3.05, 3.63) is 47.5 Å². The van der Waals surface area contributed by atoms with Gasteiger partial charge in [-0.3, -0.25) is 0 Å². The fourth-order valence-corrected chi connectivity index (χ4v) is 4.37. The van der Waals surface area contributed by atoms with E-state index >= 15 is 0 Å². The molecule has 0 saturated carbocycles. The standard InChI is InChI=1S/C26H32F3N5O3/c1-17-3-4-21(31-25(36)34-6-5-19(15-34)14-26(27,28)29)13-22(17)20-11-23(30-18(2)16-35)32-24(12-20)33-7-9-37-10-8-33/h3-5,11-13,18,35H,6-10,14-16H2,1-2H3,(H,30,32)(H,31,36). The highest BCUT2D eigenvalue weighted by molar-refractivity contribution is 5.91. The summed E-state index contributed by atoms with van der Waals surface area (Å²) in [5.41, 5.74) is 3.47. The lowest BCUT2D eigenvalue weighted by molar-refractivity contribution is -0.127. The second-order valence-electron chi connectivity index (χ2n) is 9.42. The Bertz CT molecular complexity index is 1150. The summed E-state index contributed by atoms with van der Waals surface area (Å²) in [4.78, 5) is 21.0. The SMILES string of the molecule is Cc1ccc(NC(=O)N2CC=C(CC(F)(F)F)C2)cc1-c1cc(NC(C)CO)nc(N2CCOCC2)c1. The van der Waals surface area contributed by atoms with Gasteiger partial charge in [-0.2, -0.15) is 13.2 Å². The number of nitrogens with zero attached hydrogens (tertiary/aromatic N) is 3. The molecule has 4 rings (SSSR count). The number of alkyl halides is 3. The Morgan fingerprint density at radius 1 is 1.22 bits per heavy atom. The number of carbonyl (C=O) groups is 1. The normalized spacial score (nSPS) is 17.0. The lowest BCUT2D eigenvalue weighted by atomic mass is 10.00. The molecule has 37 heavy (non-hydrogen) atoms. The topological polar surface area (TPSA) is 90.0 Å². The summed E-state index contributed by atoms with van der Waals surface area (Å²) in [7, 11) is 0. The number of amides is 2. The molecule has 2 aliphatic rings. The second kappa shape index (κ2) is 11.4. The number of aliphatic hydroxyl groups is 1. The third-order valence-corrected chi connectivity index (χ3v) is 6.32. The monoisotopic (exact) mass is 519 g/mol. The zero-order chi connectivity index (χ0) is 26.6. The van der Waals surface area contributed by atoms with Crippen LogP contribution in [0.4, 0.5) is 35.3 Å². The maximum absolute atomic E-state index is 12.8. The van der Waals surface area contributed by atoms with E-state index in [4.69, 9.17) is 9.72 Å². The third-order valence-electron chi connectivity index (χ3n) is 6.32. The highest BCUT2D eigenvalue weighted by atomic mass is 19.4. The number of anilines is 3. The summed E-state index contributed by atoms with van der Waals surface area (Å²) < 4.78 is 43.6. The van der Waals surface area contributed by atoms with Crippen LogP contribution < -0.4 is 15.5 Å². The van der Waals surface area contributed by atoms with Crippen molar-refractivity contribution in [1.82, 2.24) is 9.88 Å². The van der Waals surface area contributed by atoms with E-state index in [0.29, 0.717) is 37.8 Å². The molecule has 2 aliphatic heterocycles. The van der Waals surface area contributed by atoms with E-state index in [0.717, 1.165) is 22.5 Å². The first kappa shape index (κ1) is 26.7. The van der Waals surface area contributed by atoms with E-state index in [1.807, 2.05) is 38.1 Å². The van der Waals surface area contributed by atoms with Gasteiger partial charge in [0.25, 0.3) is 0 Å². The molecule has 1 saturated heterocycles. The predicted octanol–water partition coefficient (Wildman–Crippen LogP) is 4.41. The summed E-state index contributed by atoms with van der Waals surface area (Å²) >= 11 is 0. The fraction of sp³-hybridized carbons (Fsp3) is 0.462. The minimum atomic E-state index is -4.29. The first-order chi connectivity index (χ1) is 17.6. The number of urea groups is 1. The zero-order valence-electron chi connectivity index (χ0n) is 20.9. The highest BCUT2D eigenvalue weighted by Gasteiger charge is 2.32. The number of morpholine rings is 1. The van der Waals surface area contributed by atoms with E-state index in [1.54, 1.807) is 6.07 Å². The molecule has 0 radical (unpaired) electrons. The van der Waals surface area contributed by atoms with Crippen molar-refractivity contribution in [2.45, 2.75) is 32.5 Å². The Balaban J connectivity index is 1.56. The van der Waals surface area contributed by atoms with Crippen LogP contribution in [-0.2, 0) is 4.74 Å². The maximum Gasteiger partial charge on any atom is 0.392 e. The Kier molecular flexibility index (Phi) is 8.23. The van der Waals surface area contributed by atoms with Crippen molar-refractivity contribution >= 4 is 23.4 Å². The number of halogens is 3. The van der Waals surface area contributed by atoms with Crippen molar-refractivity contribution in [2.75, 3.05) is 61.5 Å². The largest absolute Gasteiger partial charge is 0.394 e. The van der Waals surface area contributed by atoms with Gasteiger partial charge in [-0.25, -0.2) is 9.78 Å². The molecule has 11 heteroatoms. The predicted molar refractivity (Wildman–Crippen MR) is 137 cm³/mol. The van der Waals surface area contributed by atoms with Gasteiger partial charge in [-0.1, -0.05) is 12.1 Å². The number of aliphatic hydroxyl groups excluding tert-OH is 1. The number of benzene rings is 1. The van der Waals surface area contributed by atoms with Crippen LogP contribution in [0, 0.1) is 6.92 Å². The van der Waals surface area contributed by atoms with Crippen LogP contribution in [-0.4, -0.2) is 79.2 Å². The minimum absolute atomic E-state index is 0.0462. The molecular weight excluding hydrogens is 487 g/mol. The number of rotatable bonds is 7. The Labute approximate surface area is 214 Å². The quantitative estimate of drug-likeness (QED) is 0.470. The number of pyridine rings is 1. The van der Waals surface area contributed by atoms with Crippen LogP contribution in [0.2, 0.25) is 0 Å². The van der Waals surface area contributed by atoms with Crippen LogP contribution in [0.5, 0.6) is 0 Å². The van der Waals surface area contributed by atoms with E-state index in [1.165, 1.54) is 11.0 Å². The van der Waals surface area contributed by atoms with E-state index in [9.17, 15) is 23.1 Å². The fourth-order valence-electron chi connectivity index (χ4n) is 4.37. The summed E-state index contributed by atoms with van der Waals surface area (Å²) in [6.45, 7) is 6.51. The van der Waals surface area contributed by atoms with Crippen LogP contribution in [0.3, 0.4) is 0 Å². The molecule has 2 aromatic rings. The molecule has 1 unspecified atom stereocenters. The number of ether oxygens (including phenoxy) is 1. The van der Waals surface area contributed by atoms with E-state index in [-0.39, 0.29) is 31.3 Å². The molecule has 2 amide bonds. The number of nitrogens with one attached hydrogen (secondary N) is 2. The zero-order valence-corrected chi connectivity index (χ0v) is 20.9. The molecule has 1 aromatic heterocycles. The lowest BCUT2D eigenvalue weighted by Crippen LogP contribution is -2.37. The van der Waals surface area contributed by atoms with Gasteiger partial charge in [-0.15, -0.1) is 0 Å². The number of carbonyl (C=O) groups excluding carboxylic acids is 1. The van der Waals surface area contributed by atoms with Gasteiger partial charge in [-0.05, 0) is 60.4 Å². The van der Waals surface area contributed by atoms with E-state index < -0.39 is 18.6 Å². The first-order valence-electron chi connectivity index (χ1n) is 12.2. The molecule has 3 heterocycles.